The molecule has 3 saturated heterocycles. The van der Waals surface area contributed by atoms with Gasteiger partial charge < -0.3 is 25.4 Å². The van der Waals surface area contributed by atoms with Crippen LogP contribution in [0.15, 0.2) is 0 Å². The summed E-state index contributed by atoms with van der Waals surface area (Å²) >= 11 is 0. The fourth-order valence-corrected chi connectivity index (χ4v) is 5.77. The van der Waals surface area contributed by atoms with Crippen molar-refractivity contribution in [2.24, 2.45) is 17.8 Å². The lowest BCUT2D eigenvalue weighted by Crippen LogP contribution is -2.56. The quantitative estimate of drug-likeness (QED) is 0.504. The van der Waals surface area contributed by atoms with E-state index in [4.69, 9.17) is 9.84 Å². The van der Waals surface area contributed by atoms with Crippen LogP contribution in [0, 0.1) is 17.8 Å². The molecule has 3 fully saturated rings. The molecule has 3 unspecified atom stereocenters. The largest absolute Gasteiger partial charge is 0.396 e. The predicted molar refractivity (Wildman–Crippen MR) is 107 cm³/mol. The number of fused-ring (bicyclic) bond motifs is 1. The fourth-order valence-electron chi connectivity index (χ4n) is 5.77. The smallest absolute Gasteiger partial charge is 0.246 e. The van der Waals surface area contributed by atoms with Gasteiger partial charge in [-0.3, -0.25) is 14.4 Å². The van der Waals surface area contributed by atoms with Gasteiger partial charge in [0.2, 0.25) is 17.7 Å². The number of nitrogens with zero attached hydrogens (tertiary/aromatic N) is 1. The minimum atomic E-state index is -0.974. The second-order valence-electron chi connectivity index (χ2n) is 9.30. The van der Waals surface area contributed by atoms with Crippen LogP contribution in [0.2, 0.25) is 0 Å². The molecular weight excluding hydrogens is 374 g/mol. The minimum absolute atomic E-state index is 0.0533. The summed E-state index contributed by atoms with van der Waals surface area (Å²) in [6, 6.07) is -0.805. The molecule has 1 spiro atoms. The van der Waals surface area contributed by atoms with Crippen LogP contribution < -0.4 is 10.6 Å². The first-order chi connectivity index (χ1) is 13.6. The molecule has 0 saturated carbocycles. The Hall–Kier alpha value is -1.67. The lowest BCUT2D eigenvalue weighted by Gasteiger charge is -2.36. The van der Waals surface area contributed by atoms with Gasteiger partial charge in [0.25, 0.3) is 0 Å². The maximum atomic E-state index is 13.6. The molecule has 3 rings (SSSR count). The summed E-state index contributed by atoms with van der Waals surface area (Å²) in [5.74, 6) is -1.79. The molecule has 29 heavy (non-hydrogen) atoms. The summed E-state index contributed by atoms with van der Waals surface area (Å²) < 4.78 is 6.54. The summed E-state index contributed by atoms with van der Waals surface area (Å²) in [6.45, 7) is 8.24. The second-order valence-corrected chi connectivity index (χ2v) is 9.30. The molecule has 3 heterocycles. The molecule has 164 valence electrons. The van der Waals surface area contributed by atoms with Crippen LogP contribution >= 0.6 is 0 Å². The topological polar surface area (TPSA) is 108 Å². The summed E-state index contributed by atoms with van der Waals surface area (Å²) in [4.78, 5) is 41.3. The lowest BCUT2D eigenvalue weighted by atomic mass is 9.62. The number of carbonyl (C=O) groups excluding carboxylic acids is 3. The average molecular weight is 410 g/mol. The fraction of sp³-hybridized carbons (Fsp3) is 0.857. The van der Waals surface area contributed by atoms with Gasteiger partial charge in [0.1, 0.15) is 11.6 Å². The van der Waals surface area contributed by atoms with E-state index in [0.717, 1.165) is 6.42 Å². The van der Waals surface area contributed by atoms with E-state index >= 15 is 0 Å². The van der Waals surface area contributed by atoms with Crippen LogP contribution in [0.1, 0.15) is 53.4 Å². The van der Waals surface area contributed by atoms with E-state index in [-0.39, 0.29) is 36.3 Å². The summed E-state index contributed by atoms with van der Waals surface area (Å²) in [6.07, 6.45) is 2.70. The number of hydrogen-bond donors (Lipinski definition) is 3. The number of hydrogen-bond acceptors (Lipinski definition) is 5. The van der Waals surface area contributed by atoms with Gasteiger partial charge in [-0.15, -0.1) is 0 Å². The first-order valence-electron chi connectivity index (χ1n) is 10.8. The van der Waals surface area contributed by atoms with Crippen LogP contribution in [0.4, 0.5) is 0 Å². The van der Waals surface area contributed by atoms with E-state index in [1.165, 1.54) is 0 Å². The molecule has 8 nitrogen and oxygen atoms in total. The first-order valence-corrected chi connectivity index (χ1v) is 10.8. The number of ether oxygens (including phenoxy) is 1. The summed E-state index contributed by atoms with van der Waals surface area (Å²) in [5, 5.41) is 14.7. The van der Waals surface area contributed by atoms with Crippen molar-refractivity contribution in [1.82, 2.24) is 15.5 Å². The number of carbonyl (C=O) groups is 3. The first kappa shape index (κ1) is 22.0. The number of likely N-dealkylation sites (tertiary alicyclic amines) is 1. The van der Waals surface area contributed by atoms with Gasteiger partial charge in [0.05, 0.1) is 17.4 Å². The normalized spacial score (nSPS) is 37.9. The SMILES string of the molecule is CNC(=O)[C@@H]1[C@H]2C(=O)N(CCCCCO)C(C(=O)NC(C)C)C23CC(C)[C@@]1(C)O3. The van der Waals surface area contributed by atoms with Crippen molar-refractivity contribution in [3.63, 3.8) is 0 Å². The van der Waals surface area contributed by atoms with Crippen LogP contribution in [0.5, 0.6) is 0 Å². The van der Waals surface area contributed by atoms with Crippen molar-refractivity contribution in [2.75, 3.05) is 20.2 Å². The summed E-state index contributed by atoms with van der Waals surface area (Å²) in [7, 11) is 1.57. The molecule has 3 aliphatic heterocycles. The number of aliphatic hydroxyl groups is 1. The number of unbranched alkanes of at least 4 members (excludes halogenated alkanes) is 2. The second kappa shape index (κ2) is 7.87. The van der Waals surface area contributed by atoms with Gasteiger partial charge in [-0.1, -0.05) is 6.92 Å². The van der Waals surface area contributed by atoms with Gasteiger partial charge >= 0.3 is 0 Å². The molecule has 3 N–H and O–H groups in total. The van der Waals surface area contributed by atoms with Crippen LogP contribution in [0.3, 0.4) is 0 Å². The molecule has 3 amide bonds. The van der Waals surface area contributed by atoms with E-state index in [0.29, 0.717) is 25.8 Å². The van der Waals surface area contributed by atoms with E-state index in [1.807, 2.05) is 27.7 Å². The molecule has 0 radical (unpaired) electrons. The Morgan fingerprint density at radius 1 is 1.28 bits per heavy atom. The van der Waals surface area contributed by atoms with E-state index < -0.39 is 29.1 Å². The van der Waals surface area contributed by atoms with Crippen LogP contribution in [-0.2, 0) is 19.1 Å². The predicted octanol–water partition coefficient (Wildman–Crippen LogP) is 0.430. The molecule has 0 aromatic carbocycles. The van der Waals surface area contributed by atoms with Crippen LogP contribution in [0.25, 0.3) is 0 Å². The maximum Gasteiger partial charge on any atom is 0.246 e. The Bertz CT molecular complexity index is 683. The maximum absolute atomic E-state index is 13.6. The average Bonchev–Trinajstić information content (AvgIpc) is 3.15. The zero-order valence-electron chi connectivity index (χ0n) is 18.2. The molecule has 6 atom stereocenters. The third-order valence-corrected chi connectivity index (χ3v) is 7.08. The molecule has 2 bridgehead atoms. The third-order valence-electron chi connectivity index (χ3n) is 7.08. The Kier molecular flexibility index (Phi) is 5.98. The van der Waals surface area contributed by atoms with Gasteiger partial charge in [0, 0.05) is 26.2 Å². The Labute approximate surface area is 172 Å². The van der Waals surface area contributed by atoms with Crippen molar-refractivity contribution in [1.29, 1.82) is 0 Å². The molecular formula is C21H35N3O5. The Morgan fingerprint density at radius 3 is 2.55 bits per heavy atom. The highest BCUT2D eigenvalue weighted by molar-refractivity contribution is 5.99. The highest BCUT2D eigenvalue weighted by atomic mass is 16.5. The molecule has 0 aliphatic carbocycles. The highest BCUT2D eigenvalue weighted by Crippen LogP contribution is 2.65. The highest BCUT2D eigenvalue weighted by Gasteiger charge is 2.79. The number of amides is 3. The van der Waals surface area contributed by atoms with Crippen LogP contribution in [-0.4, -0.2) is 71.2 Å². The zero-order valence-corrected chi connectivity index (χ0v) is 18.2. The monoisotopic (exact) mass is 409 g/mol. The van der Waals surface area contributed by atoms with Crippen molar-refractivity contribution < 1.29 is 24.2 Å². The van der Waals surface area contributed by atoms with Gasteiger partial charge in [-0.2, -0.15) is 0 Å². The van der Waals surface area contributed by atoms with Crippen molar-refractivity contribution >= 4 is 17.7 Å². The lowest BCUT2D eigenvalue weighted by molar-refractivity contribution is -0.147. The van der Waals surface area contributed by atoms with E-state index in [2.05, 4.69) is 10.6 Å². The van der Waals surface area contributed by atoms with E-state index in [9.17, 15) is 14.4 Å². The van der Waals surface area contributed by atoms with Crippen molar-refractivity contribution in [3.8, 4) is 0 Å². The van der Waals surface area contributed by atoms with Gasteiger partial charge in [0.15, 0.2) is 0 Å². The molecule has 0 aromatic heterocycles. The zero-order chi connectivity index (χ0) is 21.6. The van der Waals surface area contributed by atoms with Gasteiger partial charge in [-0.25, -0.2) is 0 Å². The number of aliphatic hydroxyl groups excluding tert-OH is 1. The molecule has 3 aliphatic rings. The Balaban J connectivity index is 2.00. The van der Waals surface area contributed by atoms with Gasteiger partial charge in [-0.05, 0) is 52.4 Å². The van der Waals surface area contributed by atoms with E-state index in [1.54, 1.807) is 11.9 Å². The number of nitrogens with one attached hydrogen (secondary N) is 2. The summed E-state index contributed by atoms with van der Waals surface area (Å²) in [5.41, 5.74) is -1.74. The number of rotatable bonds is 8. The Morgan fingerprint density at radius 2 is 1.97 bits per heavy atom. The third kappa shape index (κ3) is 3.24. The molecule has 8 heteroatoms. The van der Waals surface area contributed by atoms with Crippen molar-refractivity contribution in [3.05, 3.63) is 0 Å². The molecule has 0 aromatic rings. The standard InChI is InChI=1S/C21H35N3O5/c1-12(2)23-18(27)16-21-11-13(3)20(4,29-21)14(17(26)22-5)15(21)19(28)24(16)9-7-6-8-10-25/h12-16,25H,6-11H2,1-5H3,(H,22,26)(H,23,27)/t13?,14-,15-,16?,20+,21?/m0/s1. The minimum Gasteiger partial charge on any atom is -0.396 e. The van der Waals surface area contributed by atoms with Crippen molar-refractivity contribution in [2.45, 2.75) is 76.7 Å².